The zero-order valence-electron chi connectivity index (χ0n) is 11.4. The Bertz CT molecular complexity index is 608. The summed E-state index contributed by atoms with van der Waals surface area (Å²) in [5.41, 5.74) is 6.92. The second-order valence-corrected chi connectivity index (χ2v) is 5.12. The molecule has 0 unspecified atom stereocenters. The van der Waals surface area contributed by atoms with Gasteiger partial charge in [0, 0.05) is 5.39 Å². The molecule has 2 N–H and O–H groups in total. The van der Waals surface area contributed by atoms with Crippen molar-refractivity contribution in [1.29, 1.82) is 0 Å². The molecule has 2 rings (SSSR count). The molecule has 0 aliphatic heterocycles. The number of nitrogens with zero attached hydrogens (tertiary/aromatic N) is 1. The van der Waals surface area contributed by atoms with Crippen LogP contribution in [0.15, 0.2) is 36.4 Å². The lowest BCUT2D eigenvalue weighted by atomic mass is 9.83. The van der Waals surface area contributed by atoms with Gasteiger partial charge in [0.15, 0.2) is 0 Å². The second-order valence-electron chi connectivity index (χ2n) is 5.12. The summed E-state index contributed by atoms with van der Waals surface area (Å²) in [6, 6.07) is 11.1. The monoisotopic (exact) mass is 258 g/mol. The van der Waals surface area contributed by atoms with Gasteiger partial charge in [-0.3, -0.25) is 9.78 Å². The zero-order chi connectivity index (χ0) is 14.0. The molecule has 0 fully saturated rings. The number of esters is 1. The first kappa shape index (κ1) is 13.5. The Hall–Kier alpha value is -1.94. The SMILES string of the molecule is COC(=O)C(C)(C)[C@@H](N)c1ccc2ccccc2n1. The predicted molar refractivity (Wildman–Crippen MR) is 74.5 cm³/mol. The molecule has 4 heteroatoms. The number of carbonyl (C=O) groups is 1. The maximum Gasteiger partial charge on any atom is 0.313 e. The van der Waals surface area contributed by atoms with Crippen molar-refractivity contribution in [2.75, 3.05) is 7.11 Å². The van der Waals surface area contributed by atoms with Crippen LogP contribution in [0.5, 0.6) is 0 Å². The topological polar surface area (TPSA) is 65.2 Å². The van der Waals surface area contributed by atoms with Crippen molar-refractivity contribution >= 4 is 16.9 Å². The average molecular weight is 258 g/mol. The molecule has 0 amide bonds. The highest BCUT2D eigenvalue weighted by Gasteiger charge is 2.37. The van der Waals surface area contributed by atoms with Crippen LogP contribution in [0, 0.1) is 5.41 Å². The number of carbonyl (C=O) groups excluding carboxylic acids is 1. The van der Waals surface area contributed by atoms with Gasteiger partial charge in [-0.25, -0.2) is 0 Å². The van der Waals surface area contributed by atoms with Gasteiger partial charge in [-0.2, -0.15) is 0 Å². The average Bonchev–Trinajstić information content (AvgIpc) is 2.44. The minimum Gasteiger partial charge on any atom is -0.469 e. The number of methoxy groups -OCH3 is 1. The molecule has 0 saturated carbocycles. The number of hydrogen-bond donors (Lipinski definition) is 1. The number of rotatable bonds is 3. The summed E-state index contributed by atoms with van der Waals surface area (Å²) in [6.45, 7) is 3.53. The van der Waals surface area contributed by atoms with Crippen molar-refractivity contribution in [3.63, 3.8) is 0 Å². The molecule has 0 spiro atoms. The molecule has 1 aromatic heterocycles. The standard InChI is InChI=1S/C15H18N2O2/c1-15(2,14(18)19-3)13(16)12-9-8-10-6-4-5-7-11(10)17-12/h4-9,13H,16H2,1-3H3/t13-/m0/s1. The number of ether oxygens (including phenoxy) is 1. The third-order valence-electron chi connectivity index (χ3n) is 3.43. The van der Waals surface area contributed by atoms with Crippen molar-refractivity contribution in [1.82, 2.24) is 4.98 Å². The normalized spacial score (nSPS) is 13.3. The summed E-state index contributed by atoms with van der Waals surface area (Å²) in [7, 11) is 1.37. The molecule has 0 saturated heterocycles. The highest BCUT2D eigenvalue weighted by molar-refractivity contribution is 5.79. The van der Waals surface area contributed by atoms with Gasteiger partial charge in [0.1, 0.15) is 0 Å². The summed E-state index contributed by atoms with van der Waals surface area (Å²) >= 11 is 0. The lowest BCUT2D eigenvalue weighted by Gasteiger charge is -2.28. The molecule has 1 aromatic carbocycles. The van der Waals surface area contributed by atoms with Crippen molar-refractivity contribution in [2.45, 2.75) is 19.9 Å². The minimum atomic E-state index is -0.815. The van der Waals surface area contributed by atoms with Gasteiger partial charge in [0.25, 0.3) is 0 Å². The van der Waals surface area contributed by atoms with E-state index in [9.17, 15) is 4.79 Å². The number of benzene rings is 1. The lowest BCUT2D eigenvalue weighted by molar-refractivity contribution is -0.152. The van der Waals surface area contributed by atoms with Gasteiger partial charge in [-0.15, -0.1) is 0 Å². The molecule has 0 radical (unpaired) electrons. The highest BCUT2D eigenvalue weighted by Crippen LogP contribution is 2.32. The van der Waals surface area contributed by atoms with E-state index in [0.29, 0.717) is 5.69 Å². The first-order chi connectivity index (χ1) is 8.96. The van der Waals surface area contributed by atoms with E-state index in [-0.39, 0.29) is 5.97 Å². The van der Waals surface area contributed by atoms with Gasteiger partial charge in [-0.1, -0.05) is 24.3 Å². The van der Waals surface area contributed by atoms with Crippen LogP contribution in [-0.2, 0) is 9.53 Å². The van der Waals surface area contributed by atoms with E-state index in [1.165, 1.54) is 7.11 Å². The number of nitrogens with two attached hydrogens (primary N) is 1. The van der Waals surface area contributed by atoms with Crippen LogP contribution < -0.4 is 5.73 Å². The van der Waals surface area contributed by atoms with Crippen molar-refractivity contribution in [3.8, 4) is 0 Å². The van der Waals surface area contributed by atoms with E-state index in [1.807, 2.05) is 36.4 Å². The Labute approximate surface area is 112 Å². The van der Waals surface area contributed by atoms with Crippen LogP contribution in [0.1, 0.15) is 25.6 Å². The van der Waals surface area contributed by atoms with Gasteiger partial charge in [0.2, 0.25) is 0 Å². The van der Waals surface area contributed by atoms with Crippen LogP contribution >= 0.6 is 0 Å². The molecule has 100 valence electrons. The van der Waals surface area contributed by atoms with Gasteiger partial charge >= 0.3 is 5.97 Å². The largest absolute Gasteiger partial charge is 0.469 e. The Morgan fingerprint density at radius 1 is 1.26 bits per heavy atom. The molecule has 1 heterocycles. The first-order valence-corrected chi connectivity index (χ1v) is 6.16. The number of aromatic nitrogens is 1. The summed E-state index contributed by atoms with van der Waals surface area (Å²) in [5, 5.41) is 1.05. The summed E-state index contributed by atoms with van der Waals surface area (Å²) < 4.78 is 4.80. The van der Waals surface area contributed by atoms with Crippen molar-refractivity contribution in [3.05, 3.63) is 42.1 Å². The molecule has 2 aromatic rings. The Morgan fingerprint density at radius 2 is 1.95 bits per heavy atom. The van der Waals surface area contributed by atoms with Gasteiger partial charge in [-0.05, 0) is 26.0 Å². The zero-order valence-corrected chi connectivity index (χ0v) is 11.4. The molecular weight excluding hydrogens is 240 g/mol. The Kier molecular flexibility index (Phi) is 3.53. The van der Waals surface area contributed by atoms with Gasteiger partial charge < -0.3 is 10.5 Å². The molecule has 0 aliphatic rings. The van der Waals surface area contributed by atoms with Crippen LogP contribution in [0.3, 0.4) is 0 Å². The third kappa shape index (κ3) is 2.44. The second kappa shape index (κ2) is 4.97. The smallest absolute Gasteiger partial charge is 0.313 e. The number of para-hydroxylation sites is 1. The minimum absolute atomic E-state index is 0.338. The molecule has 19 heavy (non-hydrogen) atoms. The highest BCUT2D eigenvalue weighted by atomic mass is 16.5. The van der Waals surface area contributed by atoms with E-state index in [4.69, 9.17) is 10.5 Å². The molecule has 0 aliphatic carbocycles. The van der Waals surface area contributed by atoms with E-state index in [0.717, 1.165) is 10.9 Å². The van der Waals surface area contributed by atoms with Crippen LogP contribution in [0.25, 0.3) is 10.9 Å². The summed E-state index contributed by atoms with van der Waals surface area (Å²) in [5.74, 6) is -0.338. The molecule has 0 bridgehead atoms. The lowest BCUT2D eigenvalue weighted by Crippen LogP contribution is -2.37. The van der Waals surface area contributed by atoms with Gasteiger partial charge in [0.05, 0.1) is 29.8 Å². The molecule has 1 atom stereocenters. The van der Waals surface area contributed by atoms with E-state index < -0.39 is 11.5 Å². The fourth-order valence-corrected chi connectivity index (χ4v) is 2.01. The van der Waals surface area contributed by atoms with Crippen molar-refractivity contribution in [2.24, 2.45) is 11.1 Å². The van der Waals surface area contributed by atoms with Crippen LogP contribution in [0.4, 0.5) is 0 Å². The Morgan fingerprint density at radius 3 is 2.63 bits per heavy atom. The number of fused-ring (bicyclic) bond motifs is 1. The molecule has 4 nitrogen and oxygen atoms in total. The fourth-order valence-electron chi connectivity index (χ4n) is 2.01. The maximum atomic E-state index is 11.8. The van der Waals surface area contributed by atoms with E-state index in [2.05, 4.69) is 4.98 Å². The Balaban J connectivity index is 2.41. The first-order valence-electron chi connectivity index (χ1n) is 6.16. The van der Waals surface area contributed by atoms with Crippen LogP contribution in [-0.4, -0.2) is 18.1 Å². The van der Waals surface area contributed by atoms with E-state index in [1.54, 1.807) is 13.8 Å². The molecular formula is C15H18N2O2. The quantitative estimate of drug-likeness (QED) is 0.859. The predicted octanol–water partition coefficient (Wildman–Crippen LogP) is 2.43. The third-order valence-corrected chi connectivity index (χ3v) is 3.43. The fraction of sp³-hybridized carbons (Fsp3) is 0.333. The summed E-state index contributed by atoms with van der Waals surface area (Å²) in [6.07, 6.45) is 0. The number of hydrogen-bond acceptors (Lipinski definition) is 4. The summed E-state index contributed by atoms with van der Waals surface area (Å²) in [4.78, 5) is 16.3. The van der Waals surface area contributed by atoms with Crippen LogP contribution in [0.2, 0.25) is 0 Å². The number of pyridine rings is 1. The van der Waals surface area contributed by atoms with E-state index >= 15 is 0 Å². The maximum absolute atomic E-state index is 11.8. The van der Waals surface area contributed by atoms with Crippen molar-refractivity contribution < 1.29 is 9.53 Å².